The minimum absolute atomic E-state index is 0.234. The van der Waals surface area contributed by atoms with Gasteiger partial charge in [0.25, 0.3) is 0 Å². The number of carbonyl (C=O) groups is 1. The van der Waals surface area contributed by atoms with Gasteiger partial charge in [0.2, 0.25) is 5.91 Å². The van der Waals surface area contributed by atoms with Crippen molar-refractivity contribution in [2.75, 3.05) is 19.7 Å². The van der Waals surface area contributed by atoms with Crippen molar-refractivity contribution in [2.24, 2.45) is 17.1 Å². The highest BCUT2D eigenvalue weighted by molar-refractivity contribution is 5.89. The van der Waals surface area contributed by atoms with Gasteiger partial charge >= 0.3 is 0 Å². The predicted octanol–water partition coefficient (Wildman–Crippen LogP) is 1.92. The van der Waals surface area contributed by atoms with Gasteiger partial charge in [0.1, 0.15) is 5.41 Å². The molecule has 1 aliphatic heterocycles. The van der Waals surface area contributed by atoms with E-state index in [4.69, 9.17) is 5.73 Å². The van der Waals surface area contributed by atoms with E-state index in [-0.39, 0.29) is 12.0 Å². The van der Waals surface area contributed by atoms with E-state index >= 15 is 0 Å². The number of hydrogen-bond donors (Lipinski definition) is 2. The maximum atomic E-state index is 12.6. The Morgan fingerprint density at radius 1 is 1.16 bits per heavy atom. The van der Waals surface area contributed by atoms with Crippen LogP contribution < -0.4 is 5.73 Å². The van der Waals surface area contributed by atoms with Gasteiger partial charge in [-0.05, 0) is 23.5 Å². The summed E-state index contributed by atoms with van der Waals surface area (Å²) < 4.78 is 0. The van der Waals surface area contributed by atoms with Gasteiger partial charge < -0.3 is 10.8 Å². The standard InChI is InChI=1S/C21H24N2O2/c22-19(25)21(15-24,17-9-5-2-6-10-17)20-11-18(20)13-23(14-20)12-16-7-3-1-4-8-16/h1-10,18,24H,11-15H2,(H2,22,25). The van der Waals surface area contributed by atoms with Gasteiger partial charge in [-0.25, -0.2) is 0 Å². The van der Waals surface area contributed by atoms with Crippen molar-refractivity contribution >= 4 is 5.91 Å². The second kappa shape index (κ2) is 5.97. The summed E-state index contributed by atoms with van der Waals surface area (Å²) in [6, 6.07) is 20.0. The molecule has 25 heavy (non-hydrogen) atoms. The van der Waals surface area contributed by atoms with Crippen LogP contribution in [-0.2, 0) is 16.8 Å². The third-order valence-electron chi connectivity index (χ3n) is 6.24. The molecular formula is C21H24N2O2. The van der Waals surface area contributed by atoms with Crippen molar-refractivity contribution < 1.29 is 9.90 Å². The smallest absolute Gasteiger partial charge is 0.231 e. The van der Waals surface area contributed by atoms with Gasteiger partial charge in [-0.3, -0.25) is 9.69 Å². The normalized spacial score (nSPS) is 27.5. The summed E-state index contributed by atoms with van der Waals surface area (Å²) in [5.74, 6) is 0.00123. The van der Waals surface area contributed by atoms with Crippen LogP contribution in [0.1, 0.15) is 17.5 Å². The molecule has 2 aromatic rings. The Morgan fingerprint density at radius 3 is 2.40 bits per heavy atom. The van der Waals surface area contributed by atoms with Crippen LogP contribution in [0, 0.1) is 11.3 Å². The van der Waals surface area contributed by atoms with E-state index in [1.54, 1.807) is 0 Å². The summed E-state index contributed by atoms with van der Waals surface area (Å²) in [5.41, 5.74) is 6.76. The number of amides is 1. The van der Waals surface area contributed by atoms with Crippen LogP contribution in [0.4, 0.5) is 0 Å². The van der Waals surface area contributed by atoms with Crippen molar-refractivity contribution in [3.63, 3.8) is 0 Å². The first kappa shape index (κ1) is 16.3. The Labute approximate surface area is 148 Å². The van der Waals surface area contributed by atoms with E-state index in [0.717, 1.165) is 31.6 Å². The third-order valence-corrected chi connectivity index (χ3v) is 6.24. The Kier molecular flexibility index (Phi) is 3.89. The topological polar surface area (TPSA) is 66.6 Å². The molecule has 4 heteroatoms. The second-order valence-electron chi connectivity index (χ2n) is 7.51. The van der Waals surface area contributed by atoms with Gasteiger partial charge in [0.05, 0.1) is 6.61 Å². The van der Waals surface area contributed by atoms with Gasteiger partial charge in [-0.2, -0.15) is 0 Å². The highest BCUT2D eigenvalue weighted by atomic mass is 16.3. The first-order valence-corrected chi connectivity index (χ1v) is 8.85. The number of benzene rings is 2. The van der Waals surface area contributed by atoms with Crippen molar-refractivity contribution in [3.8, 4) is 0 Å². The lowest BCUT2D eigenvalue weighted by molar-refractivity contribution is -0.128. The zero-order valence-electron chi connectivity index (χ0n) is 14.3. The average Bonchev–Trinajstić information content (AvgIpc) is 3.19. The van der Waals surface area contributed by atoms with Gasteiger partial charge in [0, 0.05) is 25.0 Å². The molecule has 0 aromatic heterocycles. The predicted molar refractivity (Wildman–Crippen MR) is 96.7 cm³/mol. The molecule has 0 radical (unpaired) electrons. The van der Waals surface area contributed by atoms with E-state index in [1.807, 2.05) is 48.5 Å². The number of likely N-dealkylation sites (tertiary alicyclic amines) is 1. The van der Waals surface area contributed by atoms with E-state index < -0.39 is 11.3 Å². The van der Waals surface area contributed by atoms with Crippen LogP contribution in [-0.4, -0.2) is 35.6 Å². The van der Waals surface area contributed by atoms with E-state index in [0.29, 0.717) is 5.92 Å². The average molecular weight is 336 g/mol. The van der Waals surface area contributed by atoms with E-state index in [9.17, 15) is 9.90 Å². The zero-order chi connectivity index (χ0) is 17.5. The molecule has 1 saturated carbocycles. The van der Waals surface area contributed by atoms with Gasteiger partial charge in [0.15, 0.2) is 0 Å². The Bertz CT molecular complexity index is 764. The number of piperidine rings is 1. The van der Waals surface area contributed by atoms with E-state index in [1.165, 1.54) is 5.56 Å². The van der Waals surface area contributed by atoms with Crippen LogP contribution in [0.25, 0.3) is 0 Å². The number of aliphatic hydroxyl groups is 1. The number of aliphatic hydroxyl groups excluding tert-OH is 1. The summed E-state index contributed by atoms with van der Waals surface area (Å²) >= 11 is 0. The van der Waals surface area contributed by atoms with Crippen LogP contribution >= 0.6 is 0 Å². The zero-order valence-corrected chi connectivity index (χ0v) is 14.3. The molecule has 2 aromatic carbocycles. The number of hydrogen-bond acceptors (Lipinski definition) is 3. The highest BCUT2D eigenvalue weighted by Crippen LogP contribution is 2.67. The molecule has 1 heterocycles. The molecule has 4 rings (SSSR count). The fraction of sp³-hybridized carbons (Fsp3) is 0.381. The maximum absolute atomic E-state index is 12.6. The monoisotopic (exact) mass is 336 g/mol. The molecule has 3 unspecified atom stereocenters. The number of nitrogens with two attached hydrogens (primary N) is 1. The Balaban J connectivity index is 1.64. The molecule has 2 aliphatic rings. The number of fused-ring (bicyclic) bond motifs is 1. The Morgan fingerprint density at radius 2 is 1.80 bits per heavy atom. The molecule has 3 atom stereocenters. The molecule has 0 bridgehead atoms. The summed E-state index contributed by atoms with van der Waals surface area (Å²) in [7, 11) is 0. The lowest BCUT2D eigenvalue weighted by atomic mass is 9.67. The number of carbonyl (C=O) groups excluding carboxylic acids is 1. The largest absolute Gasteiger partial charge is 0.395 e. The van der Waals surface area contributed by atoms with Crippen molar-refractivity contribution in [1.82, 2.24) is 4.90 Å². The molecule has 3 N–H and O–H groups in total. The molecule has 4 nitrogen and oxygen atoms in total. The van der Waals surface area contributed by atoms with Crippen LogP contribution in [0.15, 0.2) is 60.7 Å². The fourth-order valence-electron chi connectivity index (χ4n) is 4.93. The van der Waals surface area contributed by atoms with Gasteiger partial charge in [-0.15, -0.1) is 0 Å². The molecule has 1 amide bonds. The van der Waals surface area contributed by atoms with Crippen LogP contribution in [0.2, 0.25) is 0 Å². The van der Waals surface area contributed by atoms with Crippen molar-refractivity contribution in [3.05, 3.63) is 71.8 Å². The molecule has 0 spiro atoms. The highest BCUT2D eigenvalue weighted by Gasteiger charge is 2.72. The third kappa shape index (κ3) is 2.40. The Hall–Kier alpha value is -2.17. The van der Waals surface area contributed by atoms with Crippen LogP contribution in [0.3, 0.4) is 0 Å². The fourth-order valence-corrected chi connectivity index (χ4v) is 4.93. The lowest BCUT2D eigenvalue weighted by Gasteiger charge is -2.38. The second-order valence-corrected chi connectivity index (χ2v) is 7.51. The van der Waals surface area contributed by atoms with E-state index in [2.05, 4.69) is 17.0 Å². The molecular weight excluding hydrogens is 312 g/mol. The van der Waals surface area contributed by atoms with Crippen molar-refractivity contribution in [2.45, 2.75) is 18.4 Å². The number of rotatable bonds is 6. The number of nitrogens with zero attached hydrogens (tertiary/aromatic N) is 1. The lowest BCUT2D eigenvalue weighted by Crippen LogP contribution is -2.53. The summed E-state index contributed by atoms with van der Waals surface area (Å²) in [4.78, 5) is 15.0. The summed E-state index contributed by atoms with van der Waals surface area (Å²) in [6.07, 6.45) is 0.955. The first-order valence-electron chi connectivity index (χ1n) is 8.85. The molecule has 1 aliphatic carbocycles. The molecule has 130 valence electrons. The minimum Gasteiger partial charge on any atom is -0.395 e. The summed E-state index contributed by atoms with van der Waals surface area (Å²) in [6.45, 7) is 2.39. The quantitative estimate of drug-likeness (QED) is 0.847. The maximum Gasteiger partial charge on any atom is 0.231 e. The first-order chi connectivity index (χ1) is 12.1. The summed E-state index contributed by atoms with van der Waals surface area (Å²) in [5, 5.41) is 10.3. The molecule has 1 saturated heterocycles. The van der Waals surface area contributed by atoms with Crippen molar-refractivity contribution in [1.29, 1.82) is 0 Å². The van der Waals surface area contributed by atoms with Gasteiger partial charge in [-0.1, -0.05) is 60.7 Å². The molecule has 2 fully saturated rings. The van der Waals surface area contributed by atoms with Crippen LogP contribution in [0.5, 0.6) is 0 Å². The SMILES string of the molecule is NC(=O)C(CO)(c1ccccc1)C12CC1CN(Cc1ccccc1)C2. The number of primary amides is 1. The minimum atomic E-state index is -0.996.